The van der Waals surface area contributed by atoms with Gasteiger partial charge in [-0.05, 0) is 69.4 Å². The van der Waals surface area contributed by atoms with Gasteiger partial charge in [-0.25, -0.2) is 32.9 Å². The molecule has 248 valence electrons. The Morgan fingerprint density at radius 3 is 2.36 bits per heavy atom. The standard InChI is InChI=1S/C34H40N6O6S/c1-21(2)46-27-17-36-30(37-18-27)19-35-26(14-24-10-6-11-24)20-45-31-16-29(32-22(3)8-5-9-23(32)4)38-34(39-31)40-47(43,44)28-13-7-12-25(15-28)33(41)42/h5,7-9,12-13,15-18,21,24,26,35H,6,10-11,14,19-20H2,1-4H3,(H,41,42)(H,38,39,40)/t26-/m1/s1. The number of sulfonamides is 1. The first-order chi connectivity index (χ1) is 22.5. The Balaban J connectivity index is 1.39. The number of anilines is 1. The lowest BCUT2D eigenvalue weighted by Gasteiger charge is -2.30. The zero-order valence-corrected chi connectivity index (χ0v) is 27.8. The molecule has 3 N–H and O–H groups in total. The summed E-state index contributed by atoms with van der Waals surface area (Å²) in [6, 6.07) is 12.6. The van der Waals surface area contributed by atoms with Crippen LogP contribution in [0.1, 0.15) is 66.8 Å². The summed E-state index contributed by atoms with van der Waals surface area (Å²) in [4.78, 5) is 29.1. The van der Waals surface area contributed by atoms with Crippen molar-refractivity contribution in [2.24, 2.45) is 5.92 Å². The number of carboxylic acid groups (broad SMARTS) is 1. The van der Waals surface area contributed by atoms with Gasteiger partial charge in [0, 0.05) is 17.7 Å². The van der Waals surface area contributed by atoms with E-state index >= 15 is 0 Å². The van der Waals surface area contributed by atoms with Crippen molar-refractivity contribution in [1.29, 1.82) is 0 Å². The third-order valence-electron chi connectivity index (χ3n) is 7.93. The molecule has 1 aliphatic carbocycles. The third-order valence-corrected chi connectivity index (χ3v) is 9.26. The number of ether oxygens (including phenoxy) is 2. The topological polar surface area (TPSA) is 166 Å². The number of hydrogen-bond acceptors (Lipinski definition) is 10. The number of nitrogens with one attached hydrogen (secondary N) is 2. The molecule has 1 saturated carbocycles. The summed E-state index contributed by atoms with van der Waals surface area (Å²) in [5, 5.41) is 12.9. The number of aryl methyl sites for hydroxylation is 2. The van der Waals surface area contributed by atoms with Crippen molar-refractivity contribution < 1.29 is 27.8 Å². The molecule has 5 rings (SSSR count). The molecule has 47 heavy (non-hydrogen) atoms. The minimum atomic E-state index is -4.23. The average Bonchev–Trinajstić information content (AvgIpc) is 3.00. The van der Waals surface area contributed by atoms with Crippen molar-refractivity contribution in [3.63, 3.8) is 0 Å². The first-order valence-corrected chi connectivity index (χ1v) is 17.1. The smallest absolute Gasteiger partial charge is 0.335 e. The Morgan fingerprint density at radius 2 is 1.72 bits per heavy atom. The normalized spacial score (nSPS) is 14.0. The van der Waals surface area contributed by atoms with Gasteiger partial charge in [0.25, 0.3) is 10.0 Å². The molecule has 0 radical (unpaired) electrons. The van der Waals surface area contributed by atoms with Crippen LogP contribution in [0.4, 0.5) is 5.95 Å². The van der Waals surface area contributed by atoms with E-state index in [1.54, 1.807) is 18.5 Å². The lowest BCUT2D eigenvalue weighted by Crippen LogP contribution is -2.37. The zero-order chi connectivity index (χ0) is 33.6. The van der Waals surface area contributed by atoms with E-state index in [9.17, 15) is 18.3 Å². The van der Waals surface area contributed by atoms with Crippen LogP contribution in [0.5, 0.6) is 11.6 Å². The monoisotopic (exact) mass is 660 g/mol. The third kappa shape index (κ3) is 9.01. The van der Waals surface area contributed by atoms with E-state index in [-0.39, 0.29) is 41.0 Å². The number of rotatable bonds is 15. The molecule has 0 bridgehead atoms. The van der Waals surface area contributed by atoms with E-state index in [1.165, 1.54) is 24.6 Å². The van der Waals surface area contributed by atoms with Gasteiger partial charge in [-0.2, -0.15) is 4.98 Å². The second-order valence-corrected chi connectivity index (χ2v) is 13.7. The van der Waals surface area contributed by atoms with Gasteiger partial charge in [-0.3, -0.25) is 0 Å². The first-order valence-electron chi connectivity index (χ1n) is 15.6. The Bertz CT molecular complexity index is 1790. The van der Waals surface area contributed by atoms with Crippen LogP contribution in [-0.4, -0.2) is 58.2 Å². The Kier molecular flexibility index (Phi) is 10.7. The summed E-state index contributed by atoms with van der Waals surface area (Å²) >= 11 is 0. The number of benzene rings is 2. The van der Waals surface area contributed by atoms with Gasteiger partial charge in [0.2, 0.25) is 11.8 Å². The molecule has 0 spiro atoms. The van der Waals surface area contributed by atoms with Gasteiger partial charge in [0.15, 0.2) is 5.75 Å². The molecule has 13 heteroatoms. The van der Waals surface area contributed by atoms with E-state index in [2.05, 4.69) is 30.0 Å². The fourth-order valence-corrected chi connectivity index (χ4v) is 6.39. The number of carboxylic acids is 1. The van der Waals surface area contributed by atoms with Gasteiger partial charge >= 0.3 is 5.97 Å². The molecule has 1 aliphatic rings. The van der Waals surface area contributed by atoms with Crippen molar-refractivity contribution in [2.45, 2.75) is 77.0 Å². The molecule has 1 fully saturated rings. The number of nitrogens with zero attached hydrogens (tertiary/aromatic N) is 4. The molecule has 0 aliphatic heterocycles. The van der Waals surface area contributed by atoms with Crippen molar-refractivity contribution in [1.82, 2.24) is 25.3 Å². The predicted molar refractivity (Wildman–Crippen MR) is 177 cm³/mol. The Morgan fingerprint density at radius 1 is 1.02 bits per heavy atom. The molecule has 0 amide bonds. The number of aromatic carboxylic acids is 1. The minimum absolute atomic E-state index is 0.0302. The molecule has 0 saturated heterocycles. The summed E-state index contributed by atoms with van der Waals surface area (Å²) in [6.07, 6.45) is 7.79. The fourth-order valence-electron chi connectivity index (χ4n) is 5.40. The summed E-state index contributed by atoms with van der Waals surface area (Å²) < 4.78 is 41.0. The maximum absolute atomic E-state index is 13.3. The zero-order valence-electron chi connectivity index (χ0n) is 26.9. The summed E-state index contributed by atoms with van der Waals surface area (Å²) in [6.45, 7) is 8.49. The number of aromatic nitrogens is 4. The van der Waals surface area contributed by atoms with Crippen LogP contribution in [0, 0.1) is 19.8 Å². The Hall–Kier alpha value is -4.62. The fraction of sp³-hybridized carbons (Fsp3) is 0.382. The highest BCUT2D eigenvalue weighted by Crippen LogP contribution is 2.32. The molecule has 12 nitrogen and oxygen atoms in total. The molecule has 1 atom stereocenters. The van der Waals surface area contributed by atoms with Crippen LogP contribution >= 0.6 is 0 Å². The van der Waals surface area contributed by atoms with Crippen molar-refractivity contribution in [3.8, 4) is 22.9 Å². The SMILES string of the molecule is Cc1cccc(C)c1-c1cc(OC[C@@H](CC2CCC2)NCc2ncc(OC(C)C)cn2)nc(NS(=O)(=O)c2cccc(C(=O)O)c2)n1. The molecule has 0 unspecified atom stereocenters. The van der Waals surface area contributed by atoms with Crippen LogP contribution in [0.25, 0.3) is 11.3 Å². The van der Waals surface area contributed by atoms with Crippen molar-refractivity contribution >= 4 is 21.9 Å². The highest BCUT2D eigenvalue weighted by atomic mass is 32.2. The van der Waals surface area contributed by atoms with E-state index in [4.69, 9.17) is 9.47 Å². The second-order valence-electron chi connectivity index (χ2n) is 12.0. The van der Waals surface area contributed by atoms with Gasteiger partial charge in [-0.15, -0.1) is 0 Å². The summed E-state index contributed by atoms with van der Waals surface area (Å²) in [7, 11) is -4.23. The van der Waals surface area contributed by atoms with E-state index in [0.717, 1.165) is 42.0 Å². The molecule has 2 heterocycles. The van der Waals surface area contributed by atoms with Crippen LogP contribution in [-0.2, 0) is 16.6 Å². The van der Waals surface area contributed by atoms with Crippen LogP contribution < -0.4 is 19.5 Å². The van der Waals surface area contributed by atoms with Crippen LogP contribution in [0.2, 0.25) is 0 Å². The highest BCUT2D eigenvalue weighted by Gasteiger charge is 2.24. The average molecular weight is 661 g/mol. The number of carbonyl (C=O) groups is 1. The van der Waals surface area contributed by atoms with Crippen LogP contribution in [0.3, 0.4) is 0 Å². The highest BCUT2D eigenvalue weighted by molar-refractivity contribution is 7.92. The maximum atomic E-state index is 13.3. The lowest BCUT2D eigenvalue weighted by atomic mass is 9.81. The predicted octanol–water partition coefficient (Wildman–Crippen LogP) is 5.56. The Labute approximate surface area is 275 Å². The minimum Gasteiger partial charge on any atom is -0.488 e. The molecular weight excluding hydrogens is 620 g/mol. The molecular formula is C34H40N6O6S. The maximum Gasteiger partial charge on any atom is 0.335 e. The van der Waals surface area contributed by atoms with E-state index in [0.29, 0.717) is 29.7 Å². The molecule has 2 aromatic heterocycles. The largest absolute Gasteiger partial charge is 0.488 e. The van der Waals surface area contributed by atoms with Gasteiger partial charge in [0.1, 0.15) is 12.4 Å². The number of hydrogen-bond donors (Lipinski definition) is 3. The van der Waals surface area contributed by atoms with Crippen molar-refractivity contribution in [3.05, 3.63) is 83.4 Å². The van der Waals surface area contributed by atoms with Gasteiger partial charge < -0.3 is 19.9 Å². The van der Waals surface area contributed by atoms with E-state index < -0.39 is 16.0 Å². The summed E-state index contributed by atoms with van der Waals surface area (Å²) in [5.41, 5.74) is 3.07. The quantitative estimate of drug-likeness (QED) is 0.146. The second kappa shape index (κ2) is 14.9. The first kappa shape index (κ1) is 33.7. The lowest BCUT2D eigenvalue weighted by molar-refractivity contribution is 0.0696. The molecule has 2 aromatic carbocycles. The van der Waals surface area contributed by atoms with Crippen LogP contribution in [0.15, 0.2) is 65.8 Å². The molecule has 4 aromatic rings. The van der Waals surface area contributed by atoms with Crippen molar-refractivity contribution in [2.75, 3.05) is 11.3 Å². The summed E-state index contributed by atoms with van der Waals surface area (Å²) in [5.74, 6) is 0.589. The van der Waals surface area contributed by atoms with Gasteiger partial charge in [-0.1, -0.05) is 43.5 Å². The van der Waals surface area contributed by atoms with E-state index in [1.807, 2.05) is 45.9 Å². The van der Waals surface area contributed by atoms with Gasteiger partial charge in [0.05, 0.1) is 41.2 Å².